The fraction of sp³-hybridized carbons (Fsp3) is 0.0952. The molecule has 222 valence electrons. The van der Waals surface area contributed by atoms with Crippen molar-refractivity contribution in [2.75, 3.05) is 0 Å². The molecule has 0 aliphatic carbocycles. The summed E-state index contributed by atoms with van der Waals surface area (Å²) in [7, 11) is 0. The van der Waals surface area contributed by atoms with Crippen LogP contribution in [0.1, 0.15) is 26.3 Å². The summed E-state index contributed by atoms with van der Waals surface area (Å²) >= 11 is 0. The molecule has 4 nitrogen and oxygen atoms in total. The van der Waals surface area contributed by atoms with Gasteiger partial charge in [0.05, 0.1) is 39.3 Å². The molecule has 0 amide bonds. The summed E-state index contributed by atoms with van der Waals surface area (Å²) in [5, 5.41) is 3.20. The lowest BCUT2D eigenvalue weighted by atomic mass is 10.0. The van der Waals surface area contributed by atoms with Gasteiger partial charge in [-0.25, -0.2) is 15.0 Å². The van der Waals surface area contributed by atoms with Crippen LogP contribution in [0.25, 0.3) is 66.5 Å². The van der Waals surface area contributed by atoms with Gasteiger partial charge in [-0.05, 0) is 63.1 Å². The van der Waals surface area contributed by atoms with Crippen LogP contribution in [-0.2, 0) is 0 Å². The number of nitrogens with zero attached hydrogens (tertiary/aromatic N) is 4. The topological polar surface area (TPSA) is 51.0 Å². The van der Waals surface area contributed by atoms with Crippen LogP contribution in [0.5, 0.6) is 0 Å². The SMILES string of the molecule is C\C=C/C=C(C)/C(C)=N/c1c(C)ccc2ccc(-c3cccc(-c4ccc5ccc6ccc(-c7ccccc7)nc6c5n4)c3)nc12. The number of rotatable bonds is 6. The first-order valence-corrected chi connectivity index (χ1v) is 15.6. The second-order valence-electron chi connectivity index (χ2n) is 11.6. The molecule has 0 N–H and O–H groups in total. The molecule has 0 atom stereocenters. The Morgan fingerprint density at radius 3 is 1.67 bits per heavy atom. The Labute approximate surface area is 269 Å². The zero-order valence-electron chi connectivity index (χ0n) is 26.5. The molecular weight excluding hydrogens is 560 g/mol. The number of benzene rings is 4. The first-order chi connectivity index (χ1) is 22.5. The average Bonchev–Trinajstić information content (AvgIpc) is 3.11. The van der Waals surface area contributed by atoms with Gasteiger partial charge < -0.3 is 0 Å². The fourth-order valence-corrected chi connectivity index (χ4v) is 5.73. The van der Waals surface area contributed by atoms with Gasteiger partial charge in [-0.1, -0.05) is 109 Å². The first-order valence-electron chi connectivity index (χ1n) is 15.6. The third kappa shape index (κ3) is 5.62. The standard InChI is InChI=1S/C42H34N4/c1-5-6-11-27(2)29(4)43-39-28(3)16-17-31-21-24-37(45-40(31)39)34-14-10-15-35(26-34)38-25-22-33-19-18-32-20-23-36(30-12-8-7-9-13-30)44-41(32)42(33)46-38/h5-26H,1-4H3/b6-5-,27-11+,43-29+. The van der Waals surface area contributed by atoms with Crippen molar-refractivity contribution in [3.05, 3.63) is 145 Å². The molecular formula is C42H34N4. The van der Waals surface area contributed by atoms with Crippen molar-refractivity contribution in [3.8, 4) is 33.8 Å². The molecule has 0 unspecified atom stereocenters. The summed E-state index contributed by atoms with van der Waals surface area (Å²) < 4.78 is 0. The molecule has 0 bridgehead atoms. The van der Waals surface area contributed by atoms with Crippen LogP contribution in [-0.4, -0.2) is 20.7 Å². The van der Waals surface area contributed by atoms with Crippen molar-refractivity contribution in [2.45, 2.75) is 27.7 Å². The van der Waals surface area contributed by atoms with Gasteiger partial charge in [-0.3, -0.25) is 4.99 Å². The van der Waals surface area contributed by atoms with E-state index in [-0.39, 0.29) is 0 Å². The monoisotopic (exact) mass is 594 g/mol. The molecule has 0 aliphatic rings. The van der Waals surface area contributed by atoms with Gasteiger partial charge >= 0.3 is 0 Å². The van der Waals surface area contributed by atoms with Crippen molar-refractivity contribution in [3.63, 3.8) is 0 Å². The van der Waals surface area contributed by atoms with Crippen LogP contribution in [0.4, 0.5) is 5.69 Å². The molecule has 46 heavy (non-hydrogen) atoms. The molecule has 4 aromatic carbocycles. The summed E-state index contributed by atoms with van der Waals surface area (Å²) in [5.41, 5.74) is 12.7. The van der Waals surface area contributed by atoms with E-state index in [1.165, 1.54) is 0 Å². The third-order valence-electron chi connectivity index (χ3n) is 8.47. The first kappa shape index (κ1) is 29.0. The van der Waals surface area contributed by atoms with E-state index in [1.54, 1.807) is 0 Å². The van der Waals surface area contributed by atoms with E-state index in [1.807, 2.05) is 37.3 Å². The molecule has 0 radical (unpaired) electrons. The van der Waals surface area contributed by atoms with Crippen LogP contribution in [0.2, 0.25) is 0 Å². The quantitative estimate of drug-likeness (QED) is 0.109. The van der Waals surface area contributed by atoms with Crippen molar-refractivity contribution in [1.29, 1.82) is 0 Å². The number of fused-ring (bicyclic) bond motifs is 4. The van der Waals surface area contributed by atoms with E-state index >= 15 is 0 Å². The molecule has 4 heteroatoms. The highest BCUT2D eigenvalue weighted by molar-refractivity contribution is 6.05. The summed E-state index contributed by atoms with van der Waals surface area (Å²) in [6.45, 7) is 8.25. The van der Waals surface area contributed by atoms with Crippen molar-refractivity contribution < 1.29 is 0 Å². The van der Waals surface area contributed by atoms with E-state index in [0.717, 1.165) is 89.0 Å². The number of aromatic nitrogens is 3. The molecule has 7 aromatic rings. The number of pyridine rings is 3. The maximum Gasteiger partial charge on any atom is 0.0972 e. The van der Waals surface area contributed by atoms with E-state index in [4.69, 9.17) is 19.9 Å². The van der Waals surface area contributed by atoms with Crippen LogP contribution in [0, 0.1) is 6.92 Å². The van der Waals surface area contributed by atoms with Crippen LogP contribution in [0.15, 0.2) is 144 Å². The summed E-state index contributed by atoms with van der Waals surface area (Å²) in [5.74, 6) is 0. The Hall–Kier alpha value is -5.74. The largest absolute Gasteiger partial charge is 0.251 e. The molecule has 0 saturated carbocycles. The second kappa shape index (κ2) is 12.3. The molecule has 3 aromatic heterocycles. The lowest BCUT2D eigenvalue weighted by molar-refractivity contribution is 1.34. The predicted molar refractivity (Wildman–Crippen MR) is 195 cm³/mol. The minimum Gasteiger partial charge on any atom is -0.251 e. The minimum atomic E-state index is 0.897. The zero-order valence-corrected chi connectivity index (χ0v) is 26.5. The van der Waals surface area contributed by atoms with Crippen LogP contribution < -0.4 is 0 Å². The third-order valence-corrected chi connectivity index (χ3v) is 8.47. The van der Waals surface area contributed by atoms with Gasteiger partial charge in [0.15, 0.2) is 0 Å². The Morgan fingerprint density at radius 1 is 0.565 bits per heavy atom. The fourth-order valence-electron chi connectivity index (χ4n) is 5.73. The number of aliphatic imine (C=N–C) groups is 1. The maximum atomic E-state index is 5.18. The van der Waals surface area contributed by atoms with Crippen LogP contribution in [0.3, 0.4) is 0 Å². The number of aryl methyl sites for hydroxylation is 1. The van der Waals surface area contributed by atoms with Crippen molar-refractivity contribution in [2.24, 2.45) is 4.99 Å². The summed E-state index contributed by atoms with van der Waals surface area (Å²) in [6, 6.07) is 39.9. The highest BCUT2D eigenvalue weighted by Crippen LogP contribution is 2.33. The number of allylic oxidation sites excluding steroid dienone is 4. The van der Waals surface area contributed by atoms with Gasteiger partial charge in [-0.15, -0.1) is 0 Å². The number of hydrogen-bond donors (Lipinski definition) is 0. The molecule has 0 spiro atoms. The van der Waals surface area contributed by atoms with Crippen LogP contribution >= 0.6 is 0 Å². The average molecular weight is 595 g/mol. The Kier molecular flexibility index (Phi) is 7.78. The Morgan fingerprint density at radius 2 is 1.07 bits per heavy atom. The minimum absolute atomic E-state index is 0.897. The molecule has 0 fully saturated rings. The highest BCUT2D eigenvalue weighted by atomic mass is 14.8. The highest BCUT2D eigenvalue weighted by Gasteiger charge is 2.12. The second-order valence-corrected chi connectivity index (χ2v) is 11.6. The smallest absolute Gasteiger partial charge is 0.0972 e. The van der Waals surface area contributed by atoms with Gasteiger partial charge in [0.2, 0.25) is 0 Å². The van der Waals surface area contributed by atoms with Crippen molar-refractivity contribution >= 4 is 44.1 Å². The normalized spacial score (nSPS) is 12.5. The van der Waals surface area contributed by atoms with Gasteiger partial charge in [-0.2, -0.15) is 0 Å². The molecule has 0 saturated heterocycles. The number of hydrogen-bond acceptors (Lipinski definition) is 4. The predicted octanol–water partition coefficient (Wildman–Crippen LogP) is 11.3. The van der Waals surface area contributed by atoms with Gasteiger partial charge in [0, 0.05) is 38.6 Å². The van der Waals surface area contributed by atoms with E-state index in [2.05, 4.69) is 124 Å². The van der Waals surface area contributed by atoms with E-state index < -0.39 is 0 Å². The molecule has 3 heterocycles. The summed E-state index contributed by atoms with van der Waals surface area (Å²) in [4.78, 5) is 20.5. The van der Waals surface area contributed by atoms with E-state index in [9.17, 15) is 0 Å². The molecule has 7 rings (SSSR count). The van der Waals surface area contributed by atoms with E-state index in [0.29, 0.717) is 0 Å². The Balaban J connectivity index is 1.31. The Bertz CT molecular complexity index is 2350. The molecule has 0 aliphatic heterocycles. The maximum absolute atomic E-state index is 5.18. The van der Waals surface area contributed by atoms with Gasteiger partial charge in [0.1, 0.15) is 0 Å². The van der Waals surface area contributed by atoms with Crippen molar-refractivity contribution in [1.82, 2.24) is 15.0 Å². The lowest BCUT2D eigenvalue weighted by Gasteiger charge is -2.11. The van der Waals surface area contributed by atoms with Gasteiger partial charge in [0.25, 0.3) is 0 Å². The summed E-state index contributed by atoms with van der Waals surface area (Å²) in [6.07, 6.45) is 6.15. The zero-order chi connectivity index (χ0) is 31.6. The lowest BCUT2D eigenvalue weighted by Crippen LogP contribution is -1.94.